The molecule has 8 rings (SSSR count). The first-order chi connectivity index (χ1) is 20.4. The lowest BCUT2D eigenvalue weighted by Gasteiger charge is -2.50. The van der Waals surface area contributed by atoms with Gasteiger partial charge in [0.05, 0.1) is 8.07 Å². The summed E-state index contributed by atoms with van der Waals surface area (Å²) in [6.45, 7) is 11.2. The molecule has 0 amide bonds. The van der Waals surface area contributed by atoms with Crippen molar-refractivity contribution in [3.63, 3.8) is 0 Å². The standard InChI is InChI=1S/C40H37NSi/c1-27-25-34-33(18-12-22-38(34)41-24-23-30-14-7-10-21-37(30)41)39(27)42(3,4)40(28(2)26-31-15-6-9-19-35(31)40)36-20-11-16-29-13-5-8-17-32(29)36/h5-22,25-26,39H,23-24H2,1-4H3. The van der Waals surface area contributed by atoms with Crippen LogP contribution in [0.2, 0.25) is 13.1 Å². The van der Waals surface area contributed by atoms with E-state index in [0.29, 0.717) is 5.54 Å². The first kappa shape index (κ1) is 25.6. The highest BCUT2D eigenvalue weighted by atomic mass is 28.3. The summed E-state index contributed by atoms with van der Waals surface area (Å²) in [5, 5.41) is 2.56. The number of anilines is 2. The summed E-state index contributed by atoms with van der Waals surface area (Å²) in [5.41, 5.74) is 14.9. The topological polar surface area (TPSA) is 3.24 Å². The van der Waals surface area contributed by atoms with Crippen LogP contribution < -0.4 is 4.90 Å². The van der Waals surface area contributed by atoms with E-state index in [4.69, 9.17) is 0 Å². The van der Waals surface area contributed by atoms with E-state index in [1.165, 1.54) is 66.7 Å². The van der Waals surface area contributed by atoms with Gasteiger partial charge in [-0.15, -0.1) is 0 Å². The number of hydrogen-bond donors (Lipinski definition) is 0. The number of rotatable bonds is 4. The third-order valence-corrected chi connectivity index (χ3v) is 15.7. The van der Waals surface area contributed by atoms with Crippen molar-refractivity contribution in [1.29, 1.82) is 0 Å². The van der Waals surface area contributed by atoms with Crippen molar-refractivity contribution in [2.24, 2.45) is 0 Å². The molecule has 2 heteroatoms. The van der Waals surface area contributed by atoms with Gasteiger partial charge in [-0.1, -0.05) is 133 Å². The molecule has 5 aromatic carbocycles. The molecule has 0 fully saturated rings. The van der Waals surface area contributed by atoms with Gasteiger partial charge in [-0.25, -0.2) is 0 Å². The smallest absolute Gasteiger partial charge is 0.0815 e. The van der Waals surface area contributed by atoms with Crippen molar-refractivity contribution in [3.05, 3.63) is 154 Å². The third kappa shape index (κ3) is 3.30. The lowest BCUT2D eigenvalue weighted by Crippen LogP contribution is -2.57. The number of para-hydroxylation sites is 1. The van der Waals surface area contributed by atoms with Crippen molar-refractivity contribution < 1.29 is 0 Å². The first-order valence-corrected chi connectivity index (χ1v) is 18.4. The van der Waals surface area contributed by atoms with E-state index < -0.39 is 8.07 Å². The highest BCUT2D eigenvalue weighted by Crippen LogP contribution is 2.60. The maximum absolute atomic E-state index is 2.67. The van der Waals surface area contributed by atoms with Crippen LogP contribution in [0, 0.1) is 0 Å². The van der Waals surface area contributed by atoms with Gasteiger partial charge in [0.2, 0.25) is 0 Å². The van der Waals surface area contributed by atoms with Gasteiger partial charge in [-0.3, -0.25) is 0 Å². The van der Waals surface area contributed by atoms with Crippen LogP contribution in [0.5, 0.6) is 0 Å². The third-order valence-electron chi connectivity index (χ3n) is 10.6. The van der Waals surface area contributed by atoms with Crippen LogP contribution in [0.1, 0.15) is 52.8 Å². The molecule has 1 nitrogen and oxygen atoms in total. The molecule has 42 heavy (non-hydrogen) atoms. The van der Waals surface area contributed by atoms with E-state index in [1.54, 1.807) is 0 Å². The van der Waals surface area contributed by atoms with Crippen molar-refractivity contribution >= 4 is 42.4 Å². The number of fused-ring (bicyclic) bond motifs is 4. The second kappa shape index (κ2) is 9.18. The molecule has 0 aromatic heterocycles. The molecule has 2 unspecified atom stereocenters. The maximum atomic E-state index is 2.67. The zero-order chi connectivity index (χ0) is 28.6. The lowest BCUT2D eigenvalue weighted by molar-refractivity contribution is 0.800. The normalized spacial score (nSPS) is 20.8. The van der Waals surface area contributed by atoms with Crippen LogP contribution in [0.3, 0.4) is 0 Å². The second-order valence-corrected chi connectivity index (χ2v) is 17.8. The largest absolute Gasteiger partial charge is 0.340 e. The number of benzene rings is 5. The minimum Gasteiger partial charge on any atom is -0.340 e. The van der Waals surface area contributed by atoms with E-state index in [9.17, 15) is 0 Å². The molecule has 0 N–H and O–H groups in total. The van der Waals surface area contributed by atoms with Crippen LogP contribution in [0.25, 0.3) is 22.9 Å². The Bertz CT molecular complexity index is 1960. The highest BCUT2D eigenvalue weighted by molar-refractivity contribution is 6.84. The van der Waals surface area contributed by atoms with Crippen LogP contribution in [-0.2, 0) is 11.5 Å². The van der Waals surface area contributed by atoms with Crippen molar-refractivity contribution in [2.45, 2.75) is 43.9 Å². The molecule has 1 heterocycles. The summed E-state index contributed by atoms with van der Waals surface area (Å²) in [5.74, 6) is 0. The minimum absolute atomic E-state index is 0.151. The Hall–Kier alpha value is -4.14. The van der Waals surface area contributed by atoms with E-state index in [-0.39, 0.29) is 5.04 Å². The van der Waals surface area contributed by atoms with E-state index in [0.717, 1.165) is 13.0 Å². The Morgan fingerprint density at radius 1 is 0.690 bits per heavy atom. The zero-order valence-electron chi connectivity index (χ0n) is 25.0. The van der Waals surface area contributed by atoms with E-state index >= 15 is 0 Å². The number of allylic oxidation sites excluding steroid dienone is 2. The van der Waals surface area contributed by atoms with E-state index in [2.05, 4.69) is 153 Å². The Morgan fingerprint density at radius 2 is 1.38 bits per heavy atom. The molecule has 0 radical (unpaired) electrons. The second-order valence-electron chi connectivity index (χ2n) is 13.0. The first-order valence-electron chi connectivity index (χ1n) is 15.4. The molecule has 0 spiro atoms. The molecular formula is C40H37NSi. The highest BCUT2D eigenvalue weighted by Gasteiger charge is 2.58. The quantitative estimate of drug-likeness (QED) is 0.198. The Kier molecular flexibility index (Phi) is 5.58. The van der Waals surface area contributed by atoms with Crippen LogP contribution in [0.15, 0.2) is 120 Å². The molecule has 2 atom stereocenters. The maximum Gasteiger partial charge on any atom is 0.0815 e. The van der Waals surface area contributed by atoms with Gasteiger partial charge in [-0.05, 0) is 71.0 Å². The molecule has 0 saturated heterocycles. The molecule has 206 valence electrons. The van der Waals surface area contributed by atoms with Crippen molar-refractivity contribution in [3.8, 4) is 0 Å². The summed E-state index contributed by atoms with van der Waals surface area (Å²) in [6, 6.07) is 41.2. The van der Waals surface area contributed by atoms with Crippen LogP contribution >= 0.6 is 0 Å². The molecule has 1 aliphatic heterocycles. The Balaban J connectivity index is 1.37. The fourth-order valence-corrected chi connectivity index (χ4v) is 14.8. The monoisotopic (exact) mass is 559 g/mol. The molecule has 0 saturated carbocycles. The van der Waals surface area contributed by atoms with Gasteiger partial charge in [0.1, 0.15) is 0 Å². The molecule has 3 aliphatic rings. The average molecular weight is 560 g/mol. The molecular weight excluding hydrogens is 523 g/mol. The molecule has 5 aromatic rings. The summed E-state index contributed by atoms with van der Waals surface area (Å²) >= 11 is 0. The fourth-order valence-electron chi connectivity index (χ4n) is 9.16. The van der Waals surface area contributed by atoms with Crippen LogP contribution in [-0.4, -0.2) is 14.6 Å². The lowest BCUT2D eigenvalue weighted by atomic mass is 9.84. The van der Waals surface area contributed by atoms with Crippen LogP contribution in [0.4, 0.5) is 11.4 Å². The predicted octanol–water partition coefficient (Wildman–Crippen LogP) is 10.2. The van der Waals surface area contributed by atoms with Crippen molar-refractivity contribution in [1.82, 2.24) is 0 Å². The summed E-state index contributed by atoms with van der Waals surface area (Å²) in [6.07, 6.45) is 6.12. The van der Waals surface area contributed by atoms with Gasteiger partial charge in [0, 0.05) is 34.1 Å². The number of hydrogen-bond acceptors (Lipinski definition) is 1. The fraction of sp³-hybridized carbons (Fsp3) is 0.200. The van der Waals surface area contributed by atoms with Gasteiger partial charge < -0.3 is 4.90 Å². The summed E-state index contributed by atoms with van der Waals surface area (Å²) in [7, 11) is -2.26. The predicted molar refractivity (Wildman–Crippen MR) is 182 cm³/mol. The number of nitrogens with zero attached hydrogens (tertiary/aromatic N) is 1. The SMILES string of the molecule is CC1=Cc2c(cccc2N2CCc3ccccc32)C1[Si](C)(C)C1(c2cccc3ccccc23)C(C)=Cc2ccccc21. The zero-order valence-corrected chi connectivity index (χ0v) is 26.0. The minimum atomic E-state index is -2.26. The van der Waals surface area contributed by atoms with Gasteiger partial charge in [0.15, 0.2) is 0 Å². The average Bonchev–Trinajstić information content (AvgIpc) is 3.67. The van der Waals surface area contributed by atoms with E-state index in [1.807, 2.05) is 0 Å². The van der Waals surface area contributed by atoms with Gasteiger partial charge in [-0.2, -0.15) is 0 Å². The molecule has 2 aliphatic carbocycles. The summed E-state index contributed by atoms with van der Waals surface area (Å²) in [4.78, 5) is 2.56. The molecule has 0 bridgehead atoms. The van der Waals surface area contributed by atoms with Gasteiger partial charge in [0.25, 0.3) is 0 Å². The summed E-state index contributed by atoms with van der Waals surface area (Å²) < 4.78 is 0. The van der Waals surface area contributed by atoms with Crippen molar-refractivity contribution in [2.75, 3.05) is 11.4 Å². The van der Waals surface area contributed by atoms with Gasteiger partial charge >= 0.3 is 0 Å². The Morgan fingerprint density at radius 3 is 2.29 bits per heavy atom. The Labute approximate surface area is 250 Å².